The normalized spacial score (nSPS) is 10.2. The van der Waals surface area contributed by atoms with E-state index in [0.717, 1.165) is 30.2 Å². The van der Waals surface area contributed by atoms with Crippen molar-refractivity contribution in [3.8, 4) is 5.75 Å². The molecule has 2 aromatic rings. The van der Waals surface area contributed by atoms with Crippen LogP contribution >= 0.6 is 0 Å². The maximum absolute atomic E-state index is 5.99. The van der Waals surface area contributed by atoms with Gasteiger partial charge in [0.25, 0.3) is 0 Å². The first-order valence-corrected chi connectivity index (χ1v) is 7.23. The van der Waals surface area contributed by atoms with Gasteiger partial charge in [0.2, 0.25) is 0 Å². The number of hydrogen-bond donors (Lipinski definition) is 2. The van der Waals surface area contributed by atoms with Gasteiger partial charge in [-0.1, -0.05) is 0 Å². The SMILES string of the molecule is CCN(CC)c1ccc(Nc2cc(OC)ccc2N)cc1. The van der Waals surface area contributed by atoms with Crippen molar-refractivity contribution in [2.24, 2.45) is 0 Å². The maximum Gasteiger partial charge on any atom is 0.121 e. The van der Waals surface area contributed by atoms with Crippen LogP contribution in [0.1, 0.15) is 13.8 Å². The fraction of sp³-hybridized carbons (Fsp3) is 0.294. The van der Waals surface area contributed by atoms with E-state index >= 15 is 0 Å². The fourth-order valence-corrected chi connectivity index (χ4v) is 2.27. The zero-order valence-corrected chi connectivity index (χ0v) is 12.9. The lowest BCUT2D eigenvalue weighted by molar-refractivity contribution is 0.415. The number of rotatable bonds is 6. The molecule has 0 amide bonds. The Bertz CT molecular complexity index is 577. The third-order valence-corrected chi connectivity index (χ3v) is 3.54. The summed E-state index contributed by atoms with van der Waals surface area (Å²) >= 11 is 0. The summed E-state index contributed by atoms with van der Waals surface area (Å²) in [7, 11) is 1.65. The third-order valence-electron chi connectivity index (χ3n) is 3.54. The summed E-state index contributed by atoms with van der Waals surface area (Å²) in [6.07, 6.45) is 0. The summed E-state index contributed by atoms with van der Waals surface area (Å²) in [6.45, 7) is 6.33. The van der Waals surface area contributed by atoms with E-state index in [-0.39, 0.29) is 0 Å². The number of ether oxygens (including phenoxy) is 1. The van der Waals surface area contributed by atoms with Crippen LogP contribution in [0.4, 0.5) is 22.7 Å². The van der Waals surface area contributed by atoms with Gasteiger partial charge in [-0.3, -0.25) is 0 Å². The quantitative estimate of drug-likeness (QED) is 0.791. The number of methoxy groups -OCH3 is 1. The number of nitrogen functional groups attached to an aromatic ring is 1. The zero-order chi connectivity index (χ0) is 15.2. The van der Waals surface area contributed by atoms with E-state index in [4.69, 9.17) is 10.5 Å². The van der Waals surface area contributed by atoms with Gasteiger partial charge in [-0.05, 0) is 50.2 Å². The van der Waals surface area contributed by atoms with E-state index < -0.39 is 0 Å². The van der Waals surface area contributed by atoms with Crippen LogP contribution in [-0.2, 0) is 0 Å². The molecule has 0 bridgehead atoms. The molecule has 2 aromatic carbocycles. The number of hydrogen-bond acceptors (Lipinski definition) is 4. The van der Waals surface area contributed by atoms with Crippen molar-refractivity contribution in [3.63, 3.8) is 0 Å². The van der Waals surface area contributed by atoms with Crippen molar-refractivity contribution in [2.45, 2.75) is 13.8 Å². The van der Waals surface area contributed by atoms with Crippen molar-refractivity contribution < 1.29 is 4.74 Å². The minimum Gasteiger partial charge on any atom is -0.497 e. The summed E-state index contributed by atoms with van der Waals surface area (Å²) in [5, 5.41) is 3.33. The average Bonchev–Trinajstić information content (AvgIpc) is 2.52. The van der Waals surface area contributed by atoms with Crippen LogP contribution in [0.5, 0.6) is 5.75 Å². The molecule has 21 heavy (non-hydrogen) atoms. The van der Waals surface area contributed by atoms with Crippen molar-refractivity contribution in [2.75, 3.05) is 36.1 Å². The second-order valence-corrected chi connectivity index (χ2v) is 4.80. The molecular weight excluding hydrogens is 262 g/mol. The lowest BCUT2D eigenvalue weighted by atomic mass is 10.2. The van der Waals surface area contributed by atoms with Crippen LogP contribution in [-0.4, -0.2) is 20.2 Å². The molecule has 0 aliphatic heterocycles. The summed E-state index contributed by atoms with van der Waals surface area (Å²) in [4.78, 5) is 2.31. The van der Waals surface area contributed by atoms with Gasteiger partial charge in [0, 0.05) is 30.5 Å². The first-order valence-electron chi connectivity index (χ1n) is 7.23. The molecule has 4 heteroatoms. The van der Waals surface area contributed by atoms with Gasteiger partial charge in [-0.2, -0.15) is 0 Å². The summed E-state index contributed by atoms with van der Waals surface area (Å²) in [6, 6.07) is 13.9. The highest BCUT2D eigenvalue weighted by atomic mass is 16.5. The summed E-state index contributed by atoms with van der Waals surface area (Å²) in [5.74, 6) is 0.784. The standard InChI is InChI=1S/C17H23N3O/c1-4-20(5-2)14-8-6-13(7-9-14)19-17-12-15(21-3)10-11-16(17)18/h6-12,19H,4-5,18H2,1-3H3. The first kappa shape index (κ1) is 15.0. The topological polar surface area (TPSA) is 50.5 Å². The zero-order valence-electron chi connectivity index (χ0n) is 12.9. The molecule has 0 spiro atoms. The fourth-order valence-electron chi connectivity index (χ4n) is 2.27. The van der Waals surface area contributed by atoms with Crippen molar-refractivity contribution >= 4 is 22.7 Å². The second kappa shape index (κ2) is 6.88. The lowest BCUT2D eigenvalue weighted by Crippen LogP contribution is -2.21. The molecule has 4 nitrogen and oxygen atoms in total. The van der Waals surface area contributed by atoms with Gasteiger partial charge < -0.3 is 20.7 Å². The van der Waals surface area contributed by atoms with Crippen LogP contribution in [0.2, 0.25) is 0 Å². The minimum atomic E-state index is 0.698. The van der Waals surface area contributed by atoms with Gasteiger partial charge in [-0.15, -0.1) is 0 Å². The Labute approximate surface area is 126 Å². The lowest BCUT2D eigenvalue weighted by Gasteiger charge is -2.21. The molecule has 112 valence electrons. The molecule has 0 fully saturated rings. The molecule has 0 radical (unpaired) electrons. The van der Waals surface area contributed by atoms with Crippen LogP contribution in [0, 0.1) is 0 Å². The van der Waals surface area contributed by atoms with E-state index in [2.05, 4.69) is 48.3 Å². The summed E-state index contributed by atoms with van der Waals surface area (Å²) < 4.78 is 5.22. The van der Waals surface area contributed by atoms with E-state index in [1.54, 1.807) is 7.11 Å². The molecule has 2 rings (SSSR count). The molecule has 0 unspecified atom stereocenters. The Hall–Kier alpha value is -2.36. The number of nitrogens with zero attached hydrogens (tertiary/aromatic N) is 1. The molecule has 0 aromatic heterocycles. The van der Waals surface area contributed by atoms with Gasteiger partial charge >= 0.3 is 0 Å². The Morgan fingerprint density at radius 1 is 1.05 bits per heavy atom. The number of nitrogens with two attached hydrogens (primary N) is 1. The molecular formula is C17H23N3O. The highest BCUT2D eigenvalue weighted by molar-refractivity contribution is 5.74. The molecule has 0 saturated carbocycles. The Morgan fingerprint density at radius 2 is 1.71 bits per heavy atom. The van der Waals surface area contributed by atoms with Crippen LogP contribution in [0.15, 0.2) is 42.5 Å². The predicted molar refractivity (Wildman–Crippen MR) is 90.7 cm³/mol. The van der Waals surface area contributed by atoms with Crippen molar-refractivity contribution in [1.29, 1.82) is 0 Å². The van der Waals surface area contributed by atoms with Gasteiger partial charge in [-0.25, -0.2) is 0 Å². The minimum absolute atomic E-state index is 0.698. The highest BCUT2D eigenvalue weighted by Gasteiger charge is 2.04. The van der Waals surface area contributed by atoms with E-state index in [1.807, 2.05) is 18.2 Å². The average molecular weight is 285 g/mol. The van der Waals surface area contributed by atoms with Crippen LogP contribution in [0.25, 0.3) is 0 Å². The maximum atomic E-state index is 5.99. The molecule has 0 heterocycles. The first-order chi connectivity index (χ1) is 10.2. The summed E-state index contributed by atoms with van der Waals surface area (Å²) in [5.41, 5.74) is 9.77. The smallest absolute Gasteiger partial charge is 0.121 e. The van der Waals surface area contributed by atoms with Gasteiger partial charge in [0.05, 0.1) is 18.5 Å². The molecule has 3 N–H and O–H groups in total. The Kier molecular flexibility index (Phi) is 4.93. The number of benzene rings is 2. The van der Waals surface area contributed by atoms with E-state index in [9.17, 15) is 0 Å². The van der Waals surface area contributed by atoms with Gasteiger partial charge in [0.1, 0.15) is 5.75 Å². The highest BCUT2D eigenvalue weighted by Crippen LogP contribution is 2.28. The second-order valence-electron chi connectivity index (χ2n) is 4.80. The monoisotopic (exact) mass is 285 g/mol. The van der Waals surface area contributed by atoms with Crippen molar-refractivity contribution in [3.05, 3.63) is 42.5 Å². The Balaban J connectivity index is 2.17. The molecule has 0 atom stereocenters. The van der Waals surface area contributed by atoms with E-state index in [0.29, 0.717) is 5.69 Å². The molecule has 0 saturated heterocycles. The van der Waals surface area contributed by atoms with E-state index in [1.165, 1.54) is 5.69 Å². The van der Waals surface area contributed by atoms with Crippen molar-refractivity contribution in [1.82, 2.24) is 0 Å². The number of nitrogens with one attached hydrogen (secondary N) is 1. The van der Waals surface area contributed by atoms with Gasteiger partial charge in [0.15, 0.2) is 0 Å². The molecule has 0 aliphatic carbocycles. The molecule has 0 aliphatic rings. The third kappa shape index (κ3) is 3.60. The largest absolute Gasteiger partial charge is 0.497 e. The Morgan fingerprint density at radius 3 is 2.29 bits per heavy atom. The predicted octanol–water partition coefficient (Wildman–Crippen LogP) is 3.87. The van der Waals surface area contributed by atoms with Crippen LogP contribution < -0.4 is 20.7 Å². The number of anilines is 4. The van der Waals surface area contributed by atoms with Crippen LogP contribution in [0.3, 0.4) is 0 Å².